The van der Waals surface area contributed by atoms with Crippen molar-refractivity contribution in [2.45, 2.75) is 19.3 Å². The average molecular weight is 471 g/mol. The molecule has 0 N–H and O–H groups in total. The van der Waals surface area contributed by atoms with Gasteiger partial charge in [0.1, 0.15) is 0 Å². The molecular weight excluding hydrogens is 448 g/mol. The van der Waals surface area contributed by atoms with Crippen LogP contribution in [0.2, 0.25) is 0 Å². The molecule has 2 aliphatic heterocycles. The van der Waals surface area contributed by atoms with Gasteiger partial charge in [-0.2, -0.15) is 0 Å². The van der Waals surface area contributed by atoms with E-state index in [2.05, 4.69) is 0 Å². The van der Waals surface area contributed by atoms with Crippen LogP contribution in [0.4, 0.5) is 5.69 Å². The van der Waals surface area contributed by atoms with Crippen LogP contribution in [0.15, 0.2) is 42.5 Å². The van der Waals surface area contributed by atoms with Crippen LogP contribution >= 0.6 is 0 Å². The molecule has 0 aromatic heterocycles. The number of aryl methyl sites for hydroxylation is 1. The molecule has 0 atom stereocenters. The number of carbonyl (C=O) groups is 4. The number of nitrogens with zero attached hydrogens (tertiary/aromatic N) is 2. The maximum atomic E-state index is 12.5. The summed E-state index contributed by atoms with van der Waals surface area (Å²) in [6, 6.07) is 11.2. The fraction of sp³-hybridized carbons (Fsp3) is 0.304. The lowest BCUT2D eigenvalue weighted by atomic mass is 9.99. The van der Waals surface area contributed by atoms with Gasteiger partial charge in [0.25, 0.3) is 11.8 Å². The van der Waals surface area contributed by atoms with Crippen LogP contribution in [0.5, 0.6) is 0 Å². The van der Waals surface area contributed by atoms with Crippen molar-refractivity contribution in [1.29, 1.82) is 0 Å². The molecule has 0 radical (unpaired) electrons. The van der Waals surface area contributed by atoms with Crippen molar-refractivity contribution in [3.63, 3.8) is 0 Å². The van der Waals surface area contributed by atoms with E-state index in [1.54, 1.807) is 36.4 Å². The molecule has 10 heteroatoms. The van der Waals surface area contributed by atoms with Crippen LogP contribution in [-0.2, 0) is 26.0 Å². The van der Waals surface area contributed by atoms with Gasteiger partial charge in [0.15, 0.2) is 12.4 Å². The highest BCUT2D eigenvalue weighted by Crippen LogP contribution is 2.30. The molecule has 0 spiro atoms. The van der Waals surface area contributed by atoms with Crippen LogP contribution in [0.25, 0.3) is 0 Å². The van der Waals surface area contributed by atoms with Gasteiger partial charge in [-0.25, -0.2) is 8.42 Å². The van der Waals surface area contributed by atoms with E-state index in [1.165, 1.54) is 10.4 Å². The fourth-order valence-corrected chi connectivity index (χ4v) is 5.02. The summed E-state index contributed by atoms with van der Waals surface area (Å²) >= 11 is 0. The first kappa shape index (κ1) is 22.7. The number of ketones is 1. The summed E-state index contributed by atoms with van der Waals surface area (Å²) in [5, 5.41) is 0. The normalized spacial score (nSPS) is 15.3. The highest BCUT2D eigenvalue weighted by Gasteiger charge is 2.35. The Morgan fingerprint density at radius 2 is 1.70 bits per heavy atom. The number of carbonyl (C=O) groups excluding carboxylic acids is 4. The van der Waals surface area contributed by atoms with E-state index >= 15 is 0 Å². The molecule has 0 saturated carbocycles. The molecule has 0 unspecified atom stereocenters. The summed E-state index contributed by atoms with van der Waals surface area (Å²) in [5.41, 5.74) is 2.21. The van der Waals surface area contributed by atoms with Crippen LogP contribution in [0.1, 0.15) is 49.5 Å². The lowest BCUT2D eigenvalue weighted by molar-refractivity contribution is -0.142. The van der Waals surface area contributed by atoms with E-state index in [1.807, 2.05) is 0 Å². The lowest BCUT2D eigenvalue weighted by Gasteiger charge is -2.29. The number of Topliss-reactive ketones (excluding diaryl/α,β-unsaturated/α-hetero) is 1. The zero-order valence-electron chi connectivity index (χ0n) is 17.9. The second-order valence-electron chi connectivity index (χ2n) is 7.92. The summed E-state index contributed by atoms with van der Waals surface area (Å²) in [6.45, 7) is -0.237. The van der Waals surface area contributed by atoms with E-state index in [0.29, 0.717) is 41.8 Å². The summed E-state index contributed by atoms with van der Waals surface area (Å²) in [5.74, 6) is -2.06. The van der Waals surface area contributed by atoms with Crippen LogP contribution in [0.3, 0.4) is 0 Å². The number of esters is 1. The van der Waals surface area contributed by atoms with Crippen LogP contribution < -0.4 is 4.31 Å². The van der Waals surface area contributed by atoms with Gasteiger partial charge in [0.2, 0.25) is 10.0 Å². The first-order valence-corrected chi connectivity index (χ1v) is 12.3. The highest BCUT2D eigenvalue weighted by atomic mass is 32.2. The molecular formula is C23H22N2O7S. The molecule has 2 heterocycles. The third-order valence-electron chi connectivity index (χ3n) is 5.66. The summed E-state index contributed by atoms with van der Waals surface area (Å²) < 4.78 is 30.3. The van der Waals surface area contributed by atoms with E-state index in [-0.39, 0.29) is 13.0 Å². The second kappa shape index (κ2) is 8.78. The molecule has 2 aromatic carbocycles. The largest absolute Gasteiger partial charge is 0.457 e. The van der Waals surface area contributed by atoms with Gasteiger partial charge in [0, 0.05) is 18.7 Å². The Balaban J connectivity index is 1.33. The van der Waals surface area contributed by atoms with Crippen molar-refractivity contribution in [1.82, 2.24) is 4.90 Å². The molecule has 2 aliphatic rings. The van der Waals surface area contributed by atoms with Crippen molar-refractivity contribution in [2.24, 2.45) is 0 Å². The van der Waals surface area contributed by atoms with Crippen molar-refractivity contribution in [2.75, 3.05) is 30.3 Å². The Bertz CT molecular complexity index is 1230. The van der Waals surface area contributed by atoms with E-state index in [9.17, 15) is 27.6 Å². The van der Waals surface area contributed by atoms with Gasteiger partial charge >= 0.3 is 5.97 Å². The molecule has 0 bridgehead atoms. The van der Waals surface area contributed by atoms with Gasteiger partial charge in [-0.3, -0.25) is 28.4 Å². The van der Waals surface area contributed by atoms with Crippen LogP contribution in [-0.4, -0.2) is 62.8 Å². The topological polar surface area (TPSA) is 118 Å². The number of hydrogen-bond donors (Lipinski definition) is 0. The lowest BCUT2D eigenvalue weighted by Crippen LogP contribution is -2.34. The number of fused-ring (bicyclic) bond motifs is 2. The van der Waals surface area contributed by atoms with E-state index < -0.39 is 40.2 Å². The third-order valence-corrected chi connectivity index (χ3v) is 6.84. The Labute approximate surface area is 191 Å². The van der Waals surface area contributed by atoms with Gasteiger partial charge in [-0.1, -0.05) is 12.1 Å². The first-order valence-electron chi connectivity index (χ1n) is 10.4. The van der Waals surface area contributed by atoms with Crippen molar-refractivity contribution < 1.29 is 32.3 Å². The summed E-state index contributed by atoms with van der Waals surface area (Å²) in [7, 11) is -3.41. The monoisotopic (exact) mass is 470 g/mol. The molecule has 9 nitrogen and oxygen atoms in total. The molecule has 2 amide bonds. The SMILES string of the molecule is CS(=O)(=O)N1CCCc2cc(C(=O)COC(=O)CCN3C(=O)c4ccccc4C3=O)ccc21. The van der Waals surface area contributed by atoms with E-state index in [4.69, 9.17) is 4.74 Å². The zero-order valence-corrected chi connectivity index (χ0v) is 18.8. The van der Waals surface area contributed by atoms with E-state index in [0.717, 1.165) is 16.7 Å². The molecule has 0 saturated heterocycles. The number of imide groups is 1. The second-order valence-corrected chi connectivity index (χ2v) is 9.83. The number of amides is 2. The maximum absolute atomic E-state index is 12.5. The number of hydrogen-bond acceptors (Lipinski definition) is 7. The molecule has 33 heavy (non-hydrogen) atoms. The highest BCUT2D eigenvalue weighted by molar-refractivity contribution is 7.92. The summed E-state index contributed by atoms with van der Waals surface area (Å²) in [6.07, 6.45) is 2.20. The molecule has 0 aliphatic carbocycles. The maximum Gasteiger partial charge on any atom is 0.308 e. The fourth-order valence-electron chi connectivity index (χ4n) is 4.03. The minimum Gasteiger partial charge on any atom is -0.457 e. The molecule has 0 fully saturated rings. The van der Waals surface area contributed by atoms with Crippen molar-refractivity contribution >= 4 is 39.3 Å². The van der Waals surface area contributed by atoms with Gasteiger partial charge in [-0.05, 0) is 48.7 Å². The molecule has 4 rings (SSSR count). The number of ether oxygens (including phenoxy) is 1. The Morgan fingerprint density at radius 1 is 1.03 bits per heavy atom. The van der Waals surface area contributed by atoms with Gasteiger partial charge in [-0.15, -0.1) is 0 Å². The first-order chi connectivity index (χ1) is 15.7. The average Bonchev–Trinajstić information content (AvgIpc) is 3.04. The number of anilines is 1. The smallest absolute Gasteiger partial charge is 0.308 e. The molecule has 2 aromatic rings. The van der Waals surface area contributed by atoms with Gasteiger partial charge < -0.3 is 4.74 Å². The Morgan fingerprint density at radius 3 is 2.33 bits per heavy atom. The van der Waals surface area contributed by atoms with Crippen LogP contribution in [0, 0.1) is 0 Å². The quantitative estimate of drug-likeness (QED) is 0.344. The number of benzene rings is 2. The Kier molecular flexibility index (Phi) is 6.03. The third kappa shape index (κ3) is 4.51. The predicted octanol–water partition coefficient (Wildman–Crippen LogP) is 1.81. The van der Waals surface area contributed by atoms with Crippen molar-refractivity contribution in [3.8, 4) is 0 Å². The minimum absolute atomic E-state index is 0.139. The zero-order chi connectivity index (χ0) is 23.8. The van der Waals surface area contributed by atoms with Crippen molar-refractivity contribution in [3.05, 3.63) is 64.7 Å². The predicted molar refractivity (Wildman–Crippen MR) is 119 cm³/mol. The number of rotatable bonds is 7. The minimum atomic E-state index is -3.41. The summed E-state index contributed by atoms with van der Waals surface area (Å²) in [4.78, 5) is 50.3. The standard InChI is InChI=1S/C23H22N2O7S/c1-33(30,31)25-11-4-5-15-13-16(8-9-19(15)25)20(26)14-32-21(27)10-12-24-22(28)17-6-2-3-7-18(17)23(24)29/h2-3,6-9,13H,4-5,10-12,14H2,1H3. The molecule has 172 valence electrons. The Hall–Kier alpha value is -3.53. The number of sulfonamides is 1. The van der Waals surface area contributed by atoms with Gasteiger partial charge in [0.05, 0.1) is 29.5 Å².